The number of benzene rings is 1. The molecule has 1 aliphatic heterocycles. The third-order valence-electron chi connectivity index (χ3n) is 4.30. The van der Waals surface area contributed by atoms with Crippen LogP contribution in [0.3, 0.4) is 0 Å². The number of hydrogen-bond acceptors (Lipinski definition) is 3. The van der Waals surface area contributed by atoms with Crippen molar-refractivity contribution in [3.05, 3.63) is 29.6 Å². The van der Waals surface area contributed by atoms with Crippen LogP contribution in [-0.4, -0.2) is 59.0 Å². The molecule has 8 heteroatoms. The summed E-state index contributed by atoms with van der Waals surface area (Å²) < 4.78 is 13.4. The maximum absolute atomic E-state index is 13.4. The summed E-state index contributed by atoms with van der Waals surface area (Å²) in [5, 5.41) is 12.4. The number of aliphatic imine (C=N–C) groups is 1. The molecule has 2 aliphatic rings. The Labute approximate surface area is 164 Å². The number of phenols is 1. The fraction of sp³-hybridized carbons (Fsp3) is 0.529. The maximum atomic E-state index is 13.4. The zero-order valence-electron chi connectivity index (χ0n) is 14.2. The molecule has 2 fully saturated rings. The second kappa shape index (κ2) is 8.68. The van der Waals surface area contributed by atoms with E-state index in [1.54, 1.807) is 6.07 Å². The topological polar surface area (TPSA) is 68.2 Å². The molecule has 2 N–H and O–H groups in total. The summed E-state index contributed by atoms with van der Waals surface area (Å²) in [6.45, 7) is 4.75. The fourth-order valence-corrected chi connectivity index (χ4v) is 2.88. The molecule has 1 aromatic rings. The third-order valence-corrected chi connectivity index (χ3v) is 4.30. The van der Waals surface area contributed by atoms with Crippen molar-refractivity contribution in [1.29, 1.82) is 0 Å². The lowest BCUT2D eigenvalue weighted by atomic mass is 10.2. The smallest absolute Gasteiger partial charge is 0.242 e. The first-order valence-electron chi connectivity index (χ1n) is 8.38. The number of nitrogens with one attached hydrogen (secondary N) is 1. The van der Waals surface area contributed by atoms with Crippen LogP contribution in [-0.2, 0) is 11.3 Å². The average Bonchev–Trinajstić information content (AvgIpc) is 3.39. The van der Waals surface area contributed by atoms with Crippen LogP contribution in [0.2, 0.25) is 0 Å². The number of hydrogen-bond donors (Lipinski definition) is 2. The summed E-state index contributed by atoms with van der Waals surface area (Å²) in [6.07, 6.45) is 2.23. The molecule has 0 spiro atoms. The van der Waals surface area contributed by atoms with Crippen molar-refractivity contribution < 1.29 is 14.3 Å². The van der Waals surface area contributed by atoms with E-state index in [9.17, 15) is 14.3 Å². The molecule has 3 rings (SSSR count). The van der Waals surface area contributed by atoms with Crippen LogP contribution in [0.15, 0.2) is 23.2 Å². The predicted molar refractivity (Wildman–Crippen MR) is 105 cm³/mol. The highest BCUT2D eigenvalue weighted by atomic mass is 127. The van der Waals surface area contributed by atoms with E-state index in [1.165, 1.54) is 12.1 Å². The van der Waals surface area contributed by atoms with E-state index in [2.05, 4.69) is 10.3 Å². The summed E-state index contributed by atoms with van der Waals surface area (Å²) in [5.41, 5.74) is 0.670. The number of halogens is 2. The van der Waals surface area contributed by atoms with Gasteiger partial charge in [0.1, 0.15) is 0 Å². The standard InChI is InChI=1S/C17H23FN4O2.HI/c1-2-19-17(20-10-12-3-6-15(23)14(18)9-12)21-7-8-22(13-4-5-13)16(24)11-21;/h3,6,9,13,23H,2,4-5,7-8,10-11H2,1H3,(H,19,20);1H. The molecule has 0 atom stereocenters. The first-order chi connectivity index (χ1) is 11.6. The van der Waals surface area contributed by atoms with Crippen LogP contribution in [0.5, 0.6) is 5.75 Å². The van der Waals surface area contributed by atoms with Crippen molar-refractivity contribution in [3.8, 4) is 5.75 Å². The second-order valence-corrected chi connectivity index (χ2v) is 6.20. The summed E-state index contributed by atoms with van der Waals surface area (Å²) in [6, 6.07) is 4.69. The fourth-order valence-electron chi connectivity index (χ4n) is 2.88. The van der Waals surface area contributed by atoms with Gasteiger partial charge in [-0.05, 0) is 37.5 Å². The van der Waals surface area contributed by atoms with Crippen LogP contribution >= 0.6 is 24.0 Å². The van der Waals surface area contributed by atoms with Crippen LogP contribution < -0.4 is 5.32 Å². The van der Waals surface area contributed by atoms with E-state index in [0.717, 1.165) is 25.9 Å². The van der Waals surface area contributed by atoms with Gasteiger partial charge in [-0.2, -0.15) is 0 Å². The lowest BCUT2D eigenvalue weighted by Crippen LogP contribution is -2.55. The SMILES string of the molecule is CCNC(=NCc1ccc(O)c(F)c1)N1CCN(C2CC2)C(=O)C1.I. The van der Waals surface area contributed by atoms with Crippen molar-refractivity contribution in [2.45, 2.75) is 32.4 Å². The molecule has 1 aromatic carbocycles. The summed E-state index contributed by atoms with van der Waals surface area (Å²) >= 11 is 0. The Morgan fingerprint density at radius 3 is 2.76 bits per heavy atom. The third kappa shape index (κ3) is 4.96. The van der Waals surface area contributed by atoms with Crippen molar-refractivity contribution in [3.63, 3.8) is 0 Å². The predicted octanol–water partition coefficient (Wildman–Crippen LogP) is 1.92. The number of carbonyl (C=O) groups is 1. The Morgan fingerprint density at radius 1 is 1.40 bits per heavy atom. The van der Waals surface area contributed by atoms with E-state index in [1.807, 2.05) is 16.7 Å². The second-order valence-electron chi connectivity index (χ2n) is 6.20. The molecule has 0 radical (unpaired) electrons. The number of carbonyl (C=O) groups excluding carboxylic acids is 1. The largest absolute Gasteiger partial charge is 0.505 e. The Bertz CT molecular complexity index is 652. The van der Waals surface area contributed by atoms with Gasteiger partial charge in [-0.3, -0.25) is 4.79 Å². The summed E-state index contributed by atoms with van der Waals surface area (Å²) in [7, 11) is 0. The molecule has 1 aliphatic carbocycles. The van der Waals surface area contributed by atoms with Gasteiger partial charge in [0.05, 0.1) is 13.1 Å². The van der Waals surface area contributed by atoms with Crippen molar-refractivity contribution >= 4 is 35.8 Å². The molecule has 1 heterocycles. The van der Waals surface area contributed by atoms with Gasteiger partial charge in [-0.25, -0.2) is 9.38 Å². The van der Waals surface area contributed by atoms with Gasteiger partial charge in [-0.15, -0.1) is 24.0 Å². The normalized spacial score (nSPS) is 18.2. The first kappa shape index (κ1) is 19.7. The number of amides is 1. The van der Waals surface area contributed by atoms with Crippen molar-refractivity contribution in [2.75, 3.05) is 26.2 Å². The first-order valence-corrected chi connectivity index (χ1v) is 8.38. The van der Waals surface area contributed by atoms with Gasteiger partial charge in [0.25, 0.3) is 0 Å². The van der Waals surface area contributed by atoms with Crippen LogP contribution in [0.25, 0.3) is 0 Å². The van der Waals surface area contributed by atoms with Gasteiger partial charge in [0, 0.05) is 25.7 Å². The van der Waals surface area contributed by atoms with Gasteiger partial charge in [-0.1, -0.05) is 6.07 Å². The molecule has 138 valence electrons. The Balaban J connectivity index is 0.00000225. The van der Waals surface area contributed by atoms with Gasteiger partial charge >= 0.3 is 0 Å². The Morgan fingerprint density at radius 2 is 2.16 bits per heavy atom. The highest BCUT2D eigenvalue weighted by Crippen LogP contribution is 2.28. The van der Waals surface area contributed by atoms with Crippen LogP contribution in [0.1, 0.15) is 25.3 Å². The number of phenolic OH excluding ortho intramolecular Hbond substituents is 1. The number of nitrogens with zero attached hydrogens (tertiary/aromatic N) is 3. The highest BCUT2D eigenvalue weighted by Gasteiger charge is 2.36. The molecular formula is C17H24FIN4O2. The van der Waals surface area contributed by atoms with Gasteiger partial charge in [0.2, 0.25) is 5.91 Å². The van der Waals surface area contributed by atoms with E-state index >= 15 is 0 Å². The van der Waals surface area contributed by atoms with Crippen molar-refractivity contribution in [2.24, 2.45) is 4.99 Å². The maximum Gasteiger partial charge on any atom is 0.242 e. The lowest BCUT2D eigenvalue weighted by molar-refractivity contribution is -0.135. The molecule has 25 heavy (non-hydrogen) atoms. The van der Waals surface area contributed by atoms with Gasteiger partial charge < -0.3 is 20.2 Å². The molecule has 6 nitrogen and oxygen atoms in total. The summed E-state index contributed by atoms with van der Waals surface area (Å²) in [4.78, 5) is 20.7. The molecule has 1 saturated heterocycles. The minimum atomic E-state index is -0.652. The Kier molecular flexibility index (Phi) is 6.86. The van der Waals surface area contributed by atoms with Gasteiger partial charge in [0.15, 0.2) is 17.5 Å². The van der Waals surface area contributed by atoms with E-state index in [0.29, 0.717) is 30.7 Å². The number of piperazine rings is 1. The Hall–Kier alpha value is -1.58. The van der Waals surface area contributed by atoms with Crippen molar-refractivity contribution in [1.82, 2.24) is 15.1 Å². The minimum absolute atomic E-state index is 0. The molecule has 1 saturated carbocycles. The van der Waals surface area contributed by atoms with E-state index < -0.39 is 5.82 Å². The number of rotatable bonds is 4. The zero-order chi connectivity index (χ0) is 17.1. The molecule has 1 amide bonds. The molecule has 0 unspecified atom stereocenters. The lowest BCUT2D eigenvalue weighted by Gasteiger charge is -2.36. The average molecular weight is 462 g/mol. The molecule has 0 aromatic heterocycles. The minimum Gasteiger partial charge on any atom is -0.505 e. The monoisotopic (exact) mass is 462 g/mol. The molecule has 0 bridgehead atoms. The highest BCUT2D eigenvalue weighted by molar-refractivity contribution is 14.0. The van der Waals surface area contributed by atoms with E-state index in [4.69, 9.17) is 0 Å². The van der Waals surface area contributed by atoms with Crippen LogP contribution in [0, 0.1) is 5.82 Å². The summed E-state index contributed by atoms with van der Waals surface area (Å²) in [5.74, 6) is -0.211. The number of aromatic hydroxyl groups is 1. The quantitative estimate of drug-likeness (QED) is 0.408. The zero-order valence-corrected chi connectivity index (χ0v) is 16.6. The number of guanidine groups is 1. The molecular weight excluding hydrogens is 438 g/mol. The van der Waals surface area contributed by atoms with Crippen LogP contribution in [0.4, 0.5) is 4.39 Å². The van der Waals surface area contributed by atoms with E-state index in [-0.39, 0.29) is 42.2 Å².